The highest BCUT2D eigenvalue weighted by molar-refractivity contribution is 7.14. The molecule has 0 saturated heterocycles. The second kappa shape index (κ2) is 13.7. The van der Waals surface area contributed by atoms with Gasteiger partial charge in [0.05, 0.1) is 12.2 Å². The molecule has 8 heteroatoms. The number of anilines is 1. The van der Waals surface area contributed by atoms with Gasteiger partial charge in [-0.2, -0.15) is 0 Å². The number of hydrogen-bond donors (Lipinski definition) is 2. The molecular formula is C34H38N4O3S. The highest BCUT2D eigenvalue weighted by atomic mass is 32.1. The molecule has 0 fully saturated rings. The molecule has 4 aromatic rings. The van der Waals surface area contributed by atoms with Crippen LogP contribution in [-0.2, 0) is 15.0 Å². The minimum Gasteiger partial charge on any atom is -0.343 e. The van der Waals surface area contributed by atoms with Crippen LogP contribution in [0.5, 0.6) is 0 Å². The largest absolute Gasteiger partial charge is 0.343 e. The van der Waals surface area contributed by atoms with E-state index < -0.39 is 0 Å². The molecule has 0 radical (unpaired) electrons. The summed E-state index contributed by atoms with van der Waals surface area (Å²) in [7, 11) is 0. The van der Waals surface area contributed by atoms with Gasteiger partial charge in [-0.3, -0.25) is 14.6 Å². The number of pyridine rings is 1. The lowest BCUT2D eigenvalue weighted by molar-refractivity contribution is -0.117. The van der Waals surface area contributed by atoms with Gasteiger partial charge in [0.2, 0.25) is 5.91 Å². The van der Waals surface area contributed by atoms with Crippen LogP contribution in [0.2, 0.25) is 0 Å². The average Bonchev–Trinajstić information content (AvgIpc) is 3.43. The van der Waals surface area contributed by atoms with E-state index in [-0.39, 0.29) is 35.5 Å². The first-order valence-electron chi connectivity index (χ1n) is 14.2. The van der Waals surface area contributed by atoms with Gasteiger partial charge in [-0.1, -0.05) is 64.4 Å². The molecule has 2 aromatic carbocycles. The maximum Gasteiger partial charge on any atom is 0.251 e. The van der Waals surface area contributed by atoms with E-state index in [1.165, 1.54) is 11.3 Å². The van der Waals surface area contributed by atoms with Crippen molar-refractivity contribution in [3.05, 3.63) is 89.1 Å². The normalized spacial score (nSPS) is 12.0. The van der Waals surface area contributed by atoms with Gasteiger partial charge >= 0.3 is 0 Å². The van der Waals surface area contributed by atoms with Crippen molar-refractivity contribution in [3.63, 3.8) is 0 Å². The van der Waals surface area contributed by atoms with Crippen LogP contribution in [0.15, 0.2) is 72.2 Å². The maximum atomic E-state index is 12.6. The molecule has 2 amide bonds. The summed E-state index contributed by atoms with van der Waals surface area (Å²) < 4.78 is 0. The van der Waals surface area contributed by atoms with E-state index in [0.29, 0.717) is 17.1 Å². The molecule has 7 nitrogen and oxygen atoms in total. The summed E-state index contributed by atoms with van der Waals surface area (Å²) in [4.78, 5) is 46.2. The number of aromatic nitrogens is 2. The smallest absolute Gasteiger partial charge is 0.251 e. The Labute approximate surface area is 251 Å². The molecular weight excluding hydrogens is 544 g/mol. The second-order valence-corrected chi connectivity index (χ2v) is 12.4. The van der Waals surface area contributed by atoms with Crippen molar-refractivity contribution < 1.29 is 14.4 Å². The van der Waals surface area contributed by atoms with Crippen molar-refractivity contribution in [1.82, 2.24) is 15.3 Å². The number of Topliss-reactive ketones (excluding diaryl/α,β-unsaturated/α-hetero) is 1. The fourth-order valence-corrected chi connectivity index (χ4v) is 5.51. The minimum absolute atomic E-state index is 0.0784. The number of thiazole rings is 1. The summed E-state index contributed by atoms with van der Waals surface area (Å²) in [5, 5.41) is 7.84. The second-order valence-electron chi connectivity index (χ2n) is 11.5. The molecule has 0 saturated carbocycles. The zero-order chi connectivity index (χ0) is 30.3. The Morgan fingerprint density at radius 1 is 0.952 bits per heavy atom. The molecule has 1 atom stereocenters. The number of nitrogens with one attached hydrogen (secondary N) is 2. The number of carbonyl (C=O) groups is 3. The molecule has 2 heterocycles. The van der Waals surface area contributed by atoms with Gasteiger partial charge in [-0.05, 0) is 65.8 Å². The number of rotatable bonds is 11. The first-order chi connectivity index (χ1) is 20.0. The molecule has 0 bridgehead atoms. The van der Waals surface area contributed by atoms with Crippen molar-refractivity contribution in [3.8, 4) is 22.4 Å². The summed E-state index contributed by atoms with van der Waals surface area (Å²) in [6.45, 7) is 9.86. The van der Waals surface area contributed by atoms with Gasteiger partial charge in [0.1, 0.15) is 5.78 Å². The maximum absolute atomic E-state index is 12.6. The highest BCUT2D eigenvalue weighted by Crippen LogP contribution is 2.31. The third-order valence-electron chi connectivity index (χ3n) is 7.01. The fraction of sp³-hybridized carbons (Fsp3) is 0.324. The van der Waals surface area contributed by atoms with Crippen LogP contribution < -0.4 is 10.6 Å². The summed E-state index contributed by atoms with van der Waals surface area (Å²) >= 11 is 1.33. The Bertz CT molecular complexity index is 1570. The Morgan fingerprint density at radius 3 is 2.43 bits per heavy atom. The molecule has 0 aliphatic carbocycles. The molecule has 42 heavy (non-hydrogen) atoms. The predicted molar refractivity (Wildman–Crippen MR) is 170 cm³/mol. The summed E-state index contributed by atoms with van der Waals surface area (Å²) in [5.74, 6) is -0.364. The zero-order valence-electron chi connectivity index (χ0n) is 24.9. The molecule has 2 N–H and O–H groups in total. The first-order valence-corrected chi connectivity index (χ1v) is 15.1. The Morgan fingerprint density at radius 2 is 1.69 bits per heavy atom. The third kappa shape index (κ3) is 8.19. The number of carbonyl (C=O) groups excluding carboxylic acids is 3. The monoisotopic (exact) mass is 582 g/mol. The van der Waals surface area contributed by atoms with E-state index in [0.717, 1.165) is 46.5 Å². The Hall–Kier alpha value is -4.17. The minimum atomic E-state index is -0.346. The average molecular weight is 583 g/mol. The van der Waals surface area contributed by atoms with E-state index in [2.05, 4.69) is 60.4 Å². The lowest BCUT2D eigenvalue weighted by Crippen LogP contribution is -2.33. The van der Waals surface area contributed by atoms with Crippen LogP contribution in [0.4, 0.5) is 5.13 Å². The number of nitrogens with zero attached hydrogens (tertiary/aromatic N) is 2. The van der Waals surface area contributed by atoms with Crippen LogP contribution in [-0.4, -0.2) is 34.1 Å². The van der Waals surface area contributed by atoms with Crippen molar-refractivity contribution >= 4 is 34.1 Å². The Balaban J connectivity index is 1.41. The van der Waals surface area contributed by atoms with Crippen molar-refractivity contribution in [2.45, 2.75) is 65.2 Å². The number of ketones is 1. The molecule has 0 spiro atoms. The van der Waals surface area contributed by atoms with Crippen LogP contribution in [0.3, 0.4) is 0 Å². The zero-order valence-corrected chi connectivity index (χ0v) is 25.7. The van der Waals surface area contributed by atoms with E-state index in [4.69, 9.17) is 0 Å². The van der Waals surface area contributed by atoms with Crippen LogP contribution in [0, 0.1) is 0 Å². The van der Waals surface area contributed by atoms with Gasteiger partial charge < -0.3 is 15.4 Å². The number of amides is 2. The van der Waals surface area contributed by atoms with Gasteiger partial charge in [-0.25, -0.2) is 4.98 Å². The van der Waals surface area contributed by atoms with E-state index in [9.17, 15) is 14.4 Å². The number of benzene rings is 2. The fourth-order valence-electron chi connectivity index (χ4n) is 4.78. The molecule has 4 rings (SSSR count). The van der Waals surface area contributed by atoms with Gasteiger partial charge in [0.25, 0.3) is 5.91 Å². The van der Waals surface area contributed by atoms with Crippen molar-refractivity contribution in [2.24, 2.45) is 0 Å². The van der Waals surface area contributed by atoms with Crippen LogP contribution in [0.25, 0.3) is 22.4 Å². The Kier molecular flexibility index (Phi) is 10.0. The first kappa shape index (κ1) is 30.8. The van der Waals surface area contributed by atoms with Crippen LogP contribution in [0.1, 0.15) is 81.4 Å². The molecule has 1 unspecified atom stereocenters. The standard InChI is InChI=1S/C34H38N4O3S/c1-6-9-25(16-22(2)39)29-19-24(14-15-35-29)23-10-7-11-26(17-23)30-21-42-33(37-30)38-31(40)20-36-32(41)27-12-8-13-28(18-27)34(3,4)5/h7-8,10-15,17-19,21,25H,6,9,16,20H2,1-5H3,(H,36,41)(H,37,38,40). The quantitative estimate of drug-likeness (QED) is 0.192. The molecule has 2 aromatic heterocycles. The van der Waals surface area contributed by atoms with Crippen molar-refractivity contribution in [2.75, 3.05) is 11.9 Å². The predicted octanol–water partition coefficient (Wildman–Crippen LogP) is 7.40. The molecule has 218 valence electrons. The van der Waals surface area contributed by atoms with E-state index >= 15 is 0 Å². The summed E-state index contributed by atoms with van der Waals surface area (Å²) in [6, 6.07) is 19.5. The lowest BCUT2D eigenvalue weighted by Gasteiger charge is -2.19. The summed E-state index contributed by atoms with van der Waals surface area (Å²) in [6.07, 6.45) is 4.19. The summed E-state index contributed by atoms with van der Waals surface area (Å²) in [5.41, 5.74) is 6.14. The lowest BCUT2D eigenvalue weighted by atomic mass is 9.86. The van der Waals surface area contributed by atoms with Crippen molar-refractivity contribution in [1.29, 1.82) is 0 Å². The highest BCUT2D eigenvalue weighted by Gasteiger charge is 2.18. The van der Waals surface area contributed by atoms with Gasteiger partial charge in [0.15, 0.2) is 5.13 Å². The van der Waals surface area contributed by atoms with E-state index in [1.54, 1.807) is 19.2 Å². The topological polar surface area (TPSA) is 101 Å². The van der Waals surface area contributed by atoms with Crippen LogP contribution >= 0.6 is 11.3 Å². The van der Waals surface area contributed by atoms with Gasteiger partial charge in [0, 0.05) is 40.7 Å². The molecule has 0 aliphatic heterocycles. The van der Waals surface area contributed by atoms with E-state index in [1.807, 2.05) is 47.8 Å². The SMILES string of the molecule is CCCC(CC(C)=O)c1cc(-c2cccc(-c3csc(NC(=O)CNC(=O)c4cccc(C(C)(C)C)c4)n3)c2)ccn1. The van der Waals surface area contributed by atoms with Gasteiger partial charge in [-0.15, -0.1) is 11.3 Å². The molecule has 0 aliphatic rings. The third-order valence-corrected chi connectivity index (χ3v) is 7.77. The number of hydrogen-bond acceptors (Lipinski definition) is 6.